The zero-order valence-electron chi connectivity index (χ0n) is 9.74. The van der Waals surface area contributed by atoms with E-state index in [1.807, 2.05) is 0 Å². The van der Waals surface area contributed by atoms with Crippen molar-refractivity contribution in [1.82, 2.24) is 15.1 Å². The fraction of sp³-hybridized carbons (Fsp3) is 1.00. The van der Waals surface area contributed by atoms with Gasteiger partial charge in [0.2, 0.25) is 0 Å². The molecule has 2 aliphatic rings. The maximum absolute atomic E-state index is 5.13. The molecule has 0 aromatic heterocycles. The van der Waals surface area contributed by atoms with Crippen molar-refractivity contribution < 1.29 is 4.74 Å². The van der Waals surface area contributed by atoms with Crippen LogP contribution in [0.5, 0.6) is 0 Å². The Bertz CT molecular complexity index is 185. The predicted octanol–water partition coefficient (Wildman–Crippen LogP) is -0.388. The Morgan fingerprint density at radius 2 is 2.07 bits per heavy atom. The number of nitrogens with zero attached hydrogens (tertiary/aromatic N) is 2. The van der Waals surface area contributed by atoms with E-state index in [9.17, 15) is 0 Å². The molecule has 4 nitrogen and oxygen atoms in total. The van der Waals surface area contributed by atoms with E-state index in [4.69, 9.17) is 4.74 Å². The average Bonchev–Trinajstić information content (AvgIpc) is 2.38. The van der Waals surface area contributed by atoms with Crippen molar-refractivity contribution in [3.05, 3.63) is 0 Å². The van der Waals surface area contributed by atoms with Gasteiger partial charge in [0.1, 0.15) is 0 Å². The summed E-state index contributed by atoms with van der Waals surface area (Å²) in [6.07, 6.45) is 1.31. The van der Waals surface area contributed by atoms with Gasteiger partial charge in [-0.25, -0.2) is 0 Å². The fourth-order valence-corrected chi connectivity index (χ4v) is 2.33. The van der Waals surface area contributed by atoms with Crippen LogP contribution in [0.25, 0.3) is 0 Å². The topological polar surface area (TPSA) is 27.7 Å². The van der Waals surface area contributed by atoms with E-state index in [1.165, 1.54) is 45.7 Å². The van der Waals surface area contributed by atoms with Crippen molar-refractivity contribution in [3.8, 4) is 0 Å². The van der Waals surface area contributed by atoms with Gasteiger partial charge >= 0.3 is 0 Å². The zero-order valence-corrected chi connectivity index (χ0v) is 9.74. The first-order chi connectivity index (χ1) is 7.40. The van der Waals surface area contributed by atoms with Gasteiger partial charge in [-0.2, -0.15) is 0 Å². The van der Waals surface area contributed by atoms with Crippen LogP contribution in [0.4, 0.5) is 0 Å². The highest BCUT2D eigenvalue weighted by molar-refractivity contribution is 4.86. The lowest BCUT2D eigenvalue weighted by atomic mass is 10.1. The Labute approximate surface area is 92.6 Å². The molecule has 0 radical (unpaired) electrons. The van der Waals surface area contributed by atoms with Gasteiger partial charge in [-0.15, -0.1) is 0 Å². The van der Waals surface area contributed by atoms with Gasteiger partial charge in [0.15, 0.2) is 0 Å². The summed E-state index contributed by atoms with van der Waals surface area (Å²) in [7, 11) is 1.78. The largest absolute Gasteiger partial charge is 0.383 e. The predicted molar refractivity (Wildman–Crippen MR) is 61.2 cm³/mol. The number of hydrogen-bond acceptors (Lipinski definition) is 4. The summed E-state index contributed by atoms with van der Waals surface area (Å²) in [6, 6.07) is 0.812. The molecule has 0 unspecified atom stereocenters. The highest BCUT2D eigenvalue weighted by atomic mass is 16.5. The lowest BCUT2D eigenvalue weighted by Gasteiger charge is -2.37. The molecule has 4 heteroatoms. The minimum Gasteiger partial charge on any atom is -0.383 e. The van der Waals surface area contributed by atoms with Crippen LogP contribution in [-0.2, 0) is 4.74 Å². The van der Waals surface area contributed by atoms with Gasteiger partial charge in [0.25, 0.3) is 0 Å². The van der Waals surface area contributed by atoms with E-state index in [1.54, 1.807) is 7.11 Å². The number of nitrogens with one attached hydrogen (secondary N) is 1. The first-order valence-electron chi connectivity index (χ1n) is 6.06. The van der Waals surface area contributed by atoms with E-state index in [-0.39, 0.29) is 0 Å². The molecule has 0 bridgehead atoms. The molecule has 2 rings (SSSR count). The molecule has 2 fully saturated rings. The third-order valence-corrected chi connectivity index (χ3v) is 3.51. The molecule has 0 saturated carbocycles. The van der Waals surface area contributed by atoms with Crippen LogP contribution in [0.3, 0.4) is 0 Å². The molecular formula is C11H23N3O. The monoisotopic (exact) mass is 213 g/mol. The maximum atomic E-state index is 5.13. The summed E-state index contributed by atoms with van der Waals surface area (Å²) in [5.41, 5.74) is 0. The van der Waals surface area contributed by atoms with Crippen LogP contribution in [0.2, 0.25) is 0 Å². The molecule has 88 valence electrons. The van der Waals surface area contributed by atoms with Gasteiger partial charge in [-0.3, -0.25) is 9.80 Å². The molecule has 0 aromatic carbocycles. The van der Waals surface area contributed by atoms with Gasteiger partial charge in [-0.1, -0.05) is 0 Å². The summed E-state index contributed by atoms with van der Waals surface area (Å²) >= 11 is 0. The smallest absolute Gasteiger partial charge is 0.0589 e. The number of ether oxygens (including phenoxy) is 1. The second-order valence-electron chi connectivity index (χ2n) is 4.54. The van der Waals surface area contributed by atoms with E-state index in [2.05, 4.69) is 15.1 Å². The molecule has 15 heavy (non-hydrogen) atoms. The van der Waals surface area contributed by atoms with Crippen molar-refractivity contribution in [3.63, 3.8) is 0 Å². The third kappa shape index (κ3) is 3.14. The molecule has 0 atom stereocenters. The Kier molecular flexibility index (Phi) is 4.38. The van der Waals surface area contributed by atoms with E-state index >= 15 is 0 Å². The minimum atomic E-state index is 0.812. The highest BCUT2D eigenvalue weighted by Gasteiger charge is 2.25. The number of rotatable bonds is 4. The van der Waals surface area contributed by atoms with Crippen molar-refractivity contribution in [1.29, 1.82) is 0 Å². The summed E-state index contributed by atoms with van der Waals surface area (Å²) in [5, 5.41) is 3.35. The van der Waals surface area contributed by atoms with Crippen molar-refractivity contribution in [2.45, 2.75) is 12.5 Å². The van der Waals surface area contributed by atoms with Crippen molar-refractivity contribution in [2.75, 3.05) is 59.5 Å². The van der Waals surface area contributed by atoms with Crippen LogP contribution in [0, 0.1) is 0 Å². The van der Waals surface area contributed by atoms with Gasteiger partial charge in [0, 0.05) is 45.9 Å². The Hall–Kier alpha value is -0.160. The summed E-state index contributed by atoms with van der Waals surface area (Å²) in [6.45, 7) is 9.29. The van der Waals surface area contributed by atoms with Gasteiger partial charge < -0.3 is 10.1 Å². The van der Waals surface area contributed by atoms with Gasteiger partial charge in [0.05, 0.1) is 6.61 Å². The molecular weight excluding hydrogens is 190 g/mol. The summed E-state index contributed by atoms with van der Waals surface area (Å²) in [4.78, 5) is 5.17. The Balaban J connectivity index is 1.71. The highest BCUT2D eigenvalue weighted by Crippen LogP contribution is 2.09. The second-order valence-corrected chi connectivity index (χ2v) is 4.54. The number of methoxy groups -OCH3 is 1. The maximum Gasteiger partial charge on any atom is 0.0589 e. The zero-order chi connectivity index (χ0) is 10.5. The van der Waals surface area contributed by atoms with Crippen LogP contribution in [0.15, 0.2) is 0 Å². The average molecular weight is 213 g/mol. The minimum absolute atomic E-state index is 0.812. The summed E-state index contributed by atoms with van der Waals surface area (Å²) in [5.74, 6) is 0. The fourth-order valence-electron chi connectivity index (χ4n) is 2.33. The van der Waals surface area contributed by atoms with E-state index in [0.717, 1.165) is 19.2 Å². The van der Waals surface area contributed by atoms with E-state index < -0.39 is 0 Å². The van der Waals surface area contributed by atoms with Crippen molar-refractivity contribution >= 4 is 0 Å². The quantitative estimate of drug-likeness (QED) is 0.688. The van der Waals surface area contributed by atoms with Gasteiger partial charge in [-0.05, 0) is 19.5 Å². The van der Waals surface area contributed by atoms with Crippen LogP contribution in [-0.4, -0.2) is 75.4 Å². The Morgan fingerprint density at radius 1 is 1.20 bits per heavy atom. The standard InChI is InChI=1S/C11H23N3O/c1-15-8-7-13-3-2-4-14(6-5-13)11-9-12-10-11/h11-12H,2-10H2,1H3. The number of hydrogen-bond donors (Lipinski definition) is 1. The lowest BCUT2D eigenvalue weighted by molar-refractivity contribution is 0.134. The Morgan fingerprint density at radius 3 is 2.73 bits per heavy atom. The molecule has 0 spiro atoms. The lowest BCUT2D eigenvalue weighted by Crippen LogP contribution is -2.57. The second kappa shape index (κ2) is 5.80. The first-order valence-corrected chi connectivity index (χ1v) is 6.06. The molecule has 1 N–H and O–H groups in total. The molecule has 0 amide bonds. The molecule has 2 heterocycles. The molecule has 2 saturated heterocycles. The van der Waals surface area contributed by atoms with Crippen molar-refractivity contribution in [2.24, 2.45) is 0 Å². The van der Waals surface area contributed by atoms with Crippen LogP contribution in [0.1, 0.15) is 6.42 Å². The molecule has 0 aromatic rings. The third-order valence-electron chi connectivity index (χ3n) is 3.51. The molecule has 0 aliphatic carbocycles. The van der Waals surface area contributed by atoms with E-state index in [0.29, 0.717) is 0 Å². The normalized spacial score (nSPS) is 26.2. The molecule has 2 aliphatic heterocycles. The SMILES string of the molecule is COCCN1CCCN(C2CNC2)CC1. The first kappa shape index (κ1) is 11.3. The summed E-state index contributed by atoms with van der Waals surface area (Å²) < 4.78 is 5.13. The van der Waals surface area contributed by atoms with Crippen LogP contribution < -0.4 is 5.32 Å². The van der Waals surface area contributed by atoms with Crippen LogP contribution >= 0.6 is 0 Å².